The Morgan fingerprint density at radius 2 is 1.23 bits per heavy atom. The Labute approximate surface area is 181 Å². The summed E-state index contributed by atoms with van der Waals surface area (Å²) in [6.45, 7) is 20.6. The molecule has 2 aromatic carbocycles. The maximum Gasteiger partial charge on any atom is 0.127 e. The zero-order valence-corrected chi connectivity index (χ0v) is 20.2. The summed E-state index contributed by atoms with van der Waals surface area (Å²) in [7, 11) is 0. The molecule has 0 spiro atoms. The standard InChI is InChI=1S/C26H38O4/c1-15(2)29-17-11-12-18(19(27)13-17)22-20(28)14-21(30-16(3)4)23(25(5,6)7)24(22)26(8,9)10/h11-16,27-28H,1-10H3. The van der Waals surface area contributed by atoms with Crippen LogP contribution in [0.15, 0.2) is 24.3 Å². The van der Waals surface area contributed by atoms with Gasteiger partial charge in [-0.2, -0.15) is 0 Å². The summed E-state index contributed by atoms with van der Waals surface area (Å²) >= 11 is 0. The van der Waals surface area contributed by atoms with E-state index in [0.717, 1.165) is 11.1 Å². The molecule has 4 heteroatoms. The van der Waals surface area contributed by atoms with Crippen molar-refractivity contribution in [1.82, 2.24) is 0 Å². The highest BCUT2D eigenvalue weighted by atomic mass is 16.5. The molecule has 0 unspecified atom stereocenters. The average molecular weight is 415 g/mol. The van der Waals surface area contributed by atoms with Gasteiger partial charge in [0.1, 0.15) is 23.0 Å². The molecule has 0 atom stereocenters. The van der Waals surface area contributed by atoms with Crippen LogP contribution in [0, 0.1) is 0 Å². The van der Waals surface area contributed by atoms with Crippen molar-refractivity contribution in [2.75, 3.05) is 0 Å². The molecule has 2 N–H and O–H groups in total. The molecule has 0 radical (unpaired) electrons. The van der Waals surface area contributed by atoms with Crippen molar-refractivity contribution in [3.63, 3.8) is 0 Å². The van der Waals surface area contributed by atoms with Gasteiger partial charge in [-0.25, -0.2) is 0 Å². The monoisotopic (exact) mass is 414 g/mol. The van der Waals surface area contributed by atoms with Crippen molar-refractivity contribution in [2.24, 2.45) is 0 Å². The summed E-state index contributed by atoms with van der Waals surface area (Å²) in [5.74, 6) is 1.45. The Hall–Kier alpha value is -2.36. The van der Waals surface area contributed by atoms with E-state index in [1.807, 2.05) is 39.8 Å². The number of aromatic hydroxyl groups is 2. The Morgan fingerprint density at radius 3 is 1.67 bits per heavy atom. The Balaban J connectivity index is 2.90. The number of hydrogen-bond donors (Lipinski definition) is 2. The van der Waals surface area contributed by atoms with E-state index in [4.69, 9.17) is 9.47 Å². The second-order valence-corrected chi connectivity index (χ2v) is 10.5. The van der Waals surface area contributed by atoms with E-state index < -0.39 is 0 Å². The molecular formula is C26H38O4. The molecule has 30 heavy (non-hydrogen) atoms. The largest absolute Gasteiger partial charge is 0.507 e. The predicted molar refractivity (Wildman–Crippen MR) is 124 cm³/mol. The first-order valence-corrected chi connectivity index (χ1v) is 10.7. The summed E-state index contributed by atoms with van der Waals surface area (Å²) in [5.41, 5.74) is 2.70. The van der Waals surface area contributed by atoms with Crippen molar-refractivity contribution >= 4 is 0 Å². The minimum Gasteiger partial charge on any atom is -0.507 e. The van der Waals surface area contributed by atoms with Gasteiger partial charge in [0.2, 0.25) is 0 Å². The second-order valence-electron chi connectivity index (χ2n) is 10.5. The van der Waals surface area contributed by atoms with Crippen molar-refractivity contribution in [1.29, 1.82) is 0 Å². The zero-order valence-electron chi connectivity index (χ0n) is 20.2. The first-order chi connectivity index (χ1) is 13.6. The molecule has 0 heterocycles. The molecule has 2 aromatic rings. The van der Waals surface area contributed by atoms with Gasteiger partial charge in [-0.05, 0) is 56.2 Å². The van der Waals surface area contributed by atoms with Crippen LogP contribution in [0.3, 0.4) is 0 Å². The summed E-state index contributed by atoms with van der Waals surface area (Å²) in [4.78, 5) is 0. The molecule has 0 aliphatic carbocycles. The molecule has 0 fully saturated rings. The lowest BCUT2D eigenvalue weighted by Gasteiger charge is -2.35. The molecule has 0 aliphatic rings. The van der Waals surface area contributed by atoms with Crippen molar-refractivity contribution in [2.45, 2.75) is 92.3 Å². The fourth-order valence-corrected chi connectivity index (χ4v) is 3.83. The lowest BCUT2D eigenvalue weighted by atomic mass is 9.71. The van der Waals surface area contributed by atoms with E-state index in [1.54, 1.807) is 12.1 Å². The summed E-state index contributed by atoms with van der Waals surface area (Å²) in [6, 6.07) is 6.93. The molecule has 0 bridgehead atoms. The van der Waals surface area contributed by atoms with Gasteiger partial charge in [-0.1, -0.05) is 41.5 Å². The number of hydrogen-bond acceptors (Lipinski definition) is 4. The van der Waals surface area contributed by atoms with Crippen LogP contribution in [0.2, 0.25) is 0 Å². The van der Waals surface area contributed by atoms with E-state index in [1.165, 1.54) is 0 Å². The lowest BCUT2D eigenvalue weighted by Crippen LogP contribution is -2.25. The SMILES string of the molecule is CC(C)Oc1ccc(-c2c(O)cc(OC(C)C)c(C(C)(C)C)c2C(C)(C)C)c(O)c1. The van der Waals surface area contributed by atoms with Gasteiger partial charge in [0.15, 0.2) is 0 Å². The van der Waals surface area contributed by atoms with Crippen molar-refractivity contribution < 1.29 is 19.7 Å². The minimum atomic E-state index is -0.300. The van der Waals surface area contributed by atoms with Gasteiger partial charge in [-0.3, -0.25) is 0 Å². The van der Waals surface area contributed by atoms with Crippen LogP contribution in [0.5, 0.6) is 23.0 Å². The van der Waals surface area contributed by atoms with E-state index in [-0.39, 0.29) is 34.5 Å². The van der Waals surface area contributed by atoms with Crippen LogP contribution in [0.1, 0.15) is 80.4 Å². The molecular weight excluding hydrogens is 376 g/mol. The first kappa shape index (κ1) is 23.9. The second kappa shape index (κ2) is 8.41. The van der Waals surface area contributed by atoms with Crippen LogP contribution >= 0.6 is 0 Å². The van der Waals surface area contributed by atoms with E-state index >= 15 is 0 Å². The van der Waals surface area contributed by atoms with Crippen molar-refractivity contribution in [3.8, 4) is 34.1 Å². The molecule has 0 saturated heterocycles. The number of phenolic OH excluding ortho intramolecular Hbond substituents is 2. The van der Waals surface area contributed by atoms with Gasteiger partial charge < -0.3 is 19.7 Å². The van der Waals surface area contributed by atoms with Crippen LogP contribution in [-0.2, 0) is 10.8 Å². The maximum atomic E-state index is 11.1. The number of benzene rings is 2. The molecule has 0 saturated carbocycles. The van der Waals surface area contributed by atoms with E-state index in [0.29, 0.717) is 22.6 Å². The lowest BCUT2D eigenvalue weighted by molar-refractivity contribution is 0.234. The molecule has 2 rings (SSSR count). The van der Waals surface area contributed by atoms with E-state index in [2.05, 4.69) is 41.5 Å². The average Bonchev–Trinajstić information content (AvgIpc) is 2.52. The molecule has 0 amide bonds. The van der Waals surface area contributed by atoms with Crippen molar-refractivity contribution in [3.05, 3.63) is 35.4 Å². The fraction of sp³-hybridized carbons (Fsp3) is 0.538. The highest BCUT2D eigenvalue weighted by Crippen LogP contribution is 2.51. The van der Waals surface area contributed by atoms with Gasteiger partial charge in [0, 0.05) is 28.8 Å². The molecule has 0 aliphatic heterocycles. The predicted octanol–water partition coefficient (Wildman–Crippen LogP) is 6.93. The highest BCUT2D eigenvalue weighted by Gasteiger charge is 2.34. The quantitative estimate of drug-likeness (QED) is 0.557. The van der Waals surface area contributed by atoms with Crippen LogP contribution < -0.4 is 9.47 Å². The normalized spacial score (nSPS) is 12.5. The third kappa shape index (κ3) is 5.21. The van der Waals surface area contributed by atoms with Gasteiger partial charge in [0.25, 0.3) is 0 Å². The highest BCUT2D eigenvalue weighted by molar-refractivity contribution is 5.82. The maximum absolute atomic E-state index is 11.1. The zero-order chi connectivity index (χ0) is 23.0. The minimum absolute atomic E-state index is 0.00810. The molecule has 166 valence electrons. The van der Waals surface area contributed by atoms with Gasteiger partial charge in [-0.15, -0.1) is 0 Å². The topological polar surface area (TPSA) is 58.9 Å². The first-order valence-electron chi connectivity index (χ1n) is 10.7. The van der Waals surface area contributed by atoms with Crippen LogP contribution in [-0.4, -0.2) is 22.4 Å². The smallest absolute Gasteiger partial charge is 0.127 e. The summed E-state index contributed by atoms with van der Waals surface area (Å²) in [5, 5.41) is 22.0. The van der Waals surface area contributed by atoms with E-state index in [9.17, 15) is 10.2 Å². The third-order valence-electron chi connectivity index (χ3n) is 4.74. The summed E-state index contributed by atoms with van der Waals surface area (Å²) in [6.07, 6.45) is -0.0150. The number of ether oxygens (including phenoxy) is 2. The summed E-state index contributed by atoms with van der Waals surface area (Å²) < 4.78 is 11.8. The Kier molecular flexibility index (Phi) is 6.70. The van der Waals surface area contributed by atoms with Crippen LogP contribution in [0.4, 0.5) is 0 Å². The van der Waals surface area contributed by atoms with Gasteiger partial charge >= 0.3 is 0 Å². The Bertz CT molecular complexity index is 897. The Morgan fingerprint density at radius 1 is 0.700 bits per heavy atom. The molecule has 0 aromatic heterocycles. The van der Waals surface area contributed by atoms with Crippen LogP contribution in [0.25, 0.3) is 11.1 Å². The third-order valence-corrected chi connectivity index (χ3v) is 4.74. The number of rotatable bonds is 5. The fourth-order valence-electron chi connectivity index (χ4n) is 3.83. The van der Waals surface area contributed by atoms with Gasteiger partial charge in [0.05, 0.1) is 12.2 Å². The number of phenols is 2. The molecule has 4 nitrogen and oxygen atoms in total.